The molecule has 3 rings (SSSR count). The molecule has 27 heavy (non-hydrogen) atoms. The number of benzene rings is 2. The number of aromatic nitrogens is 2. The van der Waals surface area contributed by atoms with Crippen molar-refractivity contribution in [3.05, 3.63) is 71.3 Å². The van der Waals surface area contributed by atoms with E-state index in [-0.39, 0.29) is 17.6 Å². The molecule has 6 nitrogen and oxygen atoms in total. The Hall–Kier alpha value is -2.71. The summed E-state index contributed by atoms with van der Waals surface area (Å²) in [5.74, 6) is -0.0690. The minimum absolute atomic E-state index is 0.0794. The summed E-state index contributed by atoms with van der Waals surface area (Å²) in [6, 6.07) is 17.0. The lowest BCUT2D eigenvalue weighted by atomic mass is 10.1. The number of carbonyl (C=O) groups excluding carboxylic acids is 2. The molecular formula is C19H18N4O2S2. The highest BCUT2D eigenvalue weighted by molar-refractivity contribution is 8.01. The maximum Gasteiger partial charge on any atom is 0.257 e. The van der Waals surface area contributed by atoms with Crippen LogP contribution < -0.4 is 10.6 Å². The summed E-state index contributed by atoms with van der Waals surface area (Å²) in [7, 11) is 0. The van der Waals surface area contributed by atoms with Crippen LogP contribution in [0.5, 0.6) is 0 Å². The molecule has 138 valence electrons. The van der Waals surface area contributed by atoms with Gasteiger partial charge in [-0.25, -0.2) is 0 Å². The number of thioether (sulfide) groups is 1. The van der Waals surface area contributed by atoms with Crippen LogP contribution in [0.3, 0.4) is 0 Å². The van der Waals surface area contributed by atoms with Crippen LogP contribution in [-0.2, 0) is 11.3 Å². The normalized spacial score (nSPS) is 10.4. The summed E-state index contributed by atoms with van der Waals surface area (Å²) in [5, 5.41) is 14.0. The highest BCUT2D eigenvalue weighted by atomic mass is 32.2. The molecule has 0 spiro atoms. The molecule has 0 bridgehead atoms. The summed E-state index contributed by atoms with van der Waals surface area (Å²) in [6.07, 6.45) is 0. The molecule has 0 radical (unpaired) electrons. The first-order valence-corrected chi connectivity index (χ1v) is 10.1. The standard InChI is InChI=1S/C19H18N4O2S2/c1-13-7-9-15(10-8-13)17(25)21-18-22-23-19(27-18)26-12-16(24)20-11-14-5-3-2-4-6-14/h2-10H,11-12H2,1H3,(H,20,24)(H,21,22,25). The average molecular weight is 399 g/mol. The number of amides is 2. The fourth-order valence-electron chi connectivity index (χ4n) is 2.17. The van der Waals surface area contributed by atoms with E-state index >= 15 is 0 Å². The molecule has 0 unspecified atom stereocenters. The maximum absolute atomic E-state index is 12.2. The van der Waals surface area contributed by atoms with Crippen LogP contribution in [0.4, 0.5) is 5.13 Å². The highest BCUT2D eigenvalue weighted by Gasteiger charge is 2.11. The number of aryl methyl sites for hydroxylation is 1. The molecule has 0 aliphatic rings. The number of carbonyl (C=O) groups is 2. The predicted molar refractivity (Wildman–Crippen MR) is 108 cm³/mol. The smallest absolute Gasteiger partial charge is 0.257 e. The molecule has 1 heterocycles. The van der Waals surface area contributed by atoms with Crippen LogP contribution in [0.2, 0.25) is 0 Å². The summed E-state index contributed by atoms with van der Waals surface area (Å²) >= 11 is 2.54. The van der Waals surface area contributed by atoms with Crippen molar-refractivity contribution in [1.82, 2.24) is 15.5 Å². The van der Waals surface area contributed by atoms with Gasteiger partial charge in [-0.2, -0.15) is 0 Å². The molecule has 1 aromatic heterocycles. The zero-order valence-electron chi connectivity index (χ0n) is 14.6. The van der Waals surface area contributed by atoms with Gasteiger partial charge in [-0.15, -0.1) is 10.2 Å². The molecule has 2 amide bonds. The highest BCUT2D eigenvalue weighted by Crippen LogP contribution is 2.25. The molecule has 0 fully saturated rings. The van der Waals surface area contributed by atoms with E-state index < -0.39 is 0 Å². The van der Waals surface area contributed by atoms with Gasteiger partial charge in [0.25, 0.3) is 5.91 Å². The van der Waals surface area contributed by atoms with Crippen molar-refractivity contribution in [2.45, 2.75) is 17.8 Å². The van der Waals surface area contributed by atoms with E-state index in [1.165, 1.54) is 23.1 Å². The van der Waals surface area contributed by atoms with E-state index in [2.05, 4.69) is 20.8 Å². The van der Waals surface area contributed by atoms with Gasteiger partial charge >= 0.3 is 0 Å². The first-order valence-electron chi connectivity index (χ1n) is 8.25. The molecule has 0 aliphatic heterocycles. The fraction of sp³-hybridized carbons (Fsp3) is 0.158. The zero-order valence-corrected chi connectivity index (χ0v) is 16.3. The monoisotopic (exact) mass is 398 g/mol. The van der Waals surface area contributed by atoms with Crippen molar-refractivity contribution in [1.29, 1.82) is 0 Å². The Morgan fingerprint density at radius 3 is 2.52 bits per heavy atom. The Labute approximate surface area is 165 Å². The van der Waals surface area contributed by atoms with Crippen molar-refractivity contribution in [3.8, 4) is 0 Å². The van der Waals surface area contributed by atoms with E-state index in [9.17, 15) is 9.59 Å². The SMILES string of the molecule is Cc1ccc(C(=O)Nc2nnc(SCC(=O)NCc3ccccc3)s2)cc1. The van der Waals surface area contributed by atoms with Crippen molar-refractivity contribution >= 4 is 40.0 Å². The Bertz CT molecular complexity index is 911. The average Bonchev–Trinajstić information content (AvgIpc) is 3.13. The van der Waals surface area contributed by atoms with E-state index in [1.807, 2.05) is 49.4 Å². The number of anilines is 1. The third-order valence-corrected chi connectivity index (χ3v) is 5.57. The molecule has 2 N–H and O–H groups in total. The molecule has 3 aromatic rings. The van der Waals surface area contributed by atoms with Crippen LogP contribution in [-0.4, -0.2) is 27.8 Å². The lowest BCUT2D eigenvalue weighted by molar-refractivity contribution is -0.118. The van der Waals surface area contributed by atoms with Crippen LogP contribution >= 0.6 is 23.1 Å². The number of nitrogens with zero attached hydrogens (tertiary/aromatic N) is 2. The Morgan fingerprint density at radius 1 is 1.04 bits per heavy atom. The molecule has 0 saturated heterocycles. The second-order valence-corrected chi connectivity index (χ2v) is 7.94. The minimum atomic E-state index is -0.233. The van der Waals surface area contributed by atoms with Crippen LogP contribution in [0.15, 0.2) is 58.9 Å². The van der Waals surface area contributed by atoms with Crippen molar-refractivity contribution < 1.29 is 9.59 Å². The van der Waals surface area contributed by atoms with Gasteiger partial charge in [-0.1, -0.05) is 71.1 Å². The van der Waals surface area contributed by atoms with Gasteiger partial charge in [-0.05, 0) is 24.6 Å². The van der Waals surface area contributed by atoms with E-state index in [4.69, 9.17) is 0 Å². The van der Waals surface area contributed by atoms with Gasteiger partial charge in [0.2, 0.25) is 11.0 Å². The zero-order chi connectivity index (χ0) is 19.1. The second kappa shape index (κ2) is 9.29. The van der Waals surface area contributed by atoms with Gasteiger partial charge in [0.1, 0.15) is 0 Å². The minimum Gasteiger partial charge on any atom is -0.351 e. The lowest BCUT2D eigenvalue weighted by Gasteiger charge is -2.03. The summed E-state index contributed by atoms with van der Waals surface area (Å²) < 4.78 is 0.629. The van der Waals surface area contributed by atoms with Crippen LogP contribution in [0.25, 0.3) is 0 Å². The van der Waals surface area contributed by atoms with Gasteiger partial charge in [-0.3, -0.25) is 14.9 Å². The van der Waals surface area contributed by atoms with E-state index in [1.54, 1.807) is 12.1 Å². The molecule has 0 aliphatic carbocycles. The van der Waals surface area contributed by atoms with Crippen LogP contribution in [0, 0.1) is 6.92 Å². The Kier molecular flexibility index (Phi) is 6.56. The third kappa shape index (κ3) is 5.90. The predicted octanol–water partition coefficient (Wildman–Crippen LogP) is 3.51. The van der Waals surface area contributed by atoms with E-state index in [0.29, 0.717) is 21.6 Å². The number of hydrogen-bond donors (Lipinski definition) is 2. The summed E-state index contributed by atoms with van der Waals surface area (Å²) in [5.41, 5.74) is 2.70. The fourth-order valence-corrected chi connectivity index (χ4v) is 3.74. The van der Waals surface area contributed by atoms with Crippen molar-refractivity contribution in [3.63, 3.8) is 0 Å². The Morgan fingerprint density at radius 2 is 1.78 bits per heavy atom. The molecular weight excluding hydrogens is 380 g/mol. The topological polar surface area (TPSA) is 84.0 Å². The van der Waals surface area contributed by atoms with Gasteiger partial charge in [0.05, 0.1) is 5.75 Å². The lowest BCUT2D eigenvalue weighted by Crippen LogP contribution is -2.24. The molecule has 0 saturated carbocycles. The van der Waals surface area contributed by atoms with Crippen LogP contribution in [0.1, 0.15) is 21.5 Å². The third-order valence-electron chi connectivity index (χ3n) is 3.60. The number of nitrogens with one attached hydrogen (secondary N) is 2. The summed E-state index contributed by atoms with van der Waals surface area (Å²) in [6.45, 7) is 2.46. The molecule has 2 aromatic carbocycles. The van der Waals surface area contributed by atoms with Gasteiger partial charge in [0.15, 0.2) is 4.34 Å². The van der Waals surface area contributed by atoms with Gasteiger partial charge in [0, 0.05) is 12.1 Å². The Balaban J connectivity index is 1.45. The maximum atomic E-state index is 12.2. The second-order valence-electron chi connectivity index (χ2n) is 5.74. The quantitative estimate of drug-likeness (QED) is 0.470. The number of rotatable bonds is 7. The number of hydrogen-bond acceptors (Lipinski definition) is 6. The first-order chi connectivity index (χ1) is 13.1. The largest absolute Gasteiger partial charge is 0.351 e. The van der Waals surface area contributed by atoms with Gasteiger partial charge < -0.3 is 5.32 Å². The van der Waals surface area contributed by atoms with E-state index in [0.717, 1.165) is 11.1 Å². The molecule has 0 atom stereocenters. The summed E-state index contributed by atoms with van der Waals surface area (Å²) in [4.78, 5) is 24.1. The molecule has 8 heteroatoms. The first kappa shape index (κ1) is 19.1. The van der Waals surface area contributed by atoms with Crippen molar-refractivity contribution in [2.24, 2.45) is 0 Å². The van der Waals surface area contributed by atoms with Crippen molar-refractivity contribution in [2.75, 3.05) is 11.1 Å².